The third-order valence-corrected chi connectivity index (χ3v) is 3.82. The maximum atomic E-state index is 5.93. The molecule has 0 aromatic carbocycles. The van der Waals surface area contributed by atoms with E-state index in [0.717, 1.165) is 58.2 Å². The molecule has 23 heavy (non-hydrogen) atoms. The molecule has 1 aliphatic heterocycles. The second kappa shape index (κ2) is 9.52. The minimum absolute atomic E-state index is 0.492. The van der Waals surface area contributed by atoms with E-state index in [9.17, 15) is 0 Å². The van der Waals surface area contributed by atoms with E-state index in [0.29, 0.717) is 18.4 Å². The molecule has 7 heteroatoms. The lowest BCUT2D eigenvalue weighted by atomic mass is 10.2. The SMILES string of the molecule is CC(C)Cn1ccnc1CN=C(N)NCCCN1CCOCC1. The molecule has 0 aliphatic carbocycles. The van der Waals surface area contributed by atoms with Crippen LogP contribution in [-0.2, 0) is 17.8 Å². The number of nitrogens with one attached hydrogen (secondary N) is 1. The maximum absolute atomic E-state index is 5.93. The number of nitrogens with zero attached hydrogens (tertiary/aromatic N) is 4. The molecule has 1 aromatic heterocycles. The van der Waals surface area contributed by atoms with Gasteiger partial charge < -0.3 is 20.4 Å². The number of guanidine groups is 1. The highest BCUT2D eigenvalue weighted by atomic mass is 16.5. The summed E-state index contributed by atoms with van der Waals surface area (Å²) in [5.74, 6) is 2.03. The molecule has 1 aromatic rings. The molecule has 0 atom stereocenters. The fourth-order valence-corrected chi connectivity index (χ4v) is 2.61. The summed E-state index contributed by atoms with van der Waals surface area (Å²) < 4.78 is 7.48. The molecule has 2 heterocycles. The van der Waals surface area contributed by atoms with E-state index >= 15 is 0 Å². The van der Waals surface area contributed by atoms with Gasteiger partial charge in [0, 0.05) is 38.6 Å². The zero-order chi connectivity index (χ0) is 16.5. The van der Waals surface area contributed by atoms with Gasteiger partial charge in [-0.1, -0.05) is 13.8 Å². The van der Waals surface area contributed by atoms with Gasteiger partial charge in [-0.3, -0.25) is 4.90 Å². The Morgan fingerprint density at radius 1 is 1.43 bits per heavy atom. The Bertz CT molecular complexity index is 479. The highest BCUT2D eigenvalue weighted by molar-refractivity contribution is 5.77. The van der Waals surface area contributed by atoms with Crippen molar-refractivity contribution >= 4 is 5.96 Å². The number of morpholine rings is 1. The fourth-order valence-electron chi connectivity index (χ4n) is 2.61. The van der Waals surface area contributed by atoms with E-state index in [1.54, 1.807) is 0 Å². The van der Waals surface area contributed by atoms with Crippen molar-refractivity contribution in [3.63, 3.8) is 0 Å². The molecule has 0 amide bonds. The second-order valence-corrected chi connectivity index (χ2v) is 6.33. The molecule has 130 valence electrons. The predicted octanol–water partition coefficient (Wildman–Crippen LogP) is 0.666. The van der Waals surface area contributed by atoms with Crippen molar-refractivity contribution in [1.82, 2.24) is 19.8 Å². The van der Waals surface area contributed by atoms with Crippen molar-refractivity contribution < 1.29 is 4.74 Å². The lowest BCUT2D eigenvalue weighted by Gasteiger charge is -2.26. The zero-order valence-corrected chi connectivity index (χ0v) is 14.4. The Labute approximate surface area is 138 Å². The van der Waals surface area contributed by atoms with Crippen LogP contribution in [0, 0.1) is 5.92 Å². The highest BCUT2D eigenvalue weighted by Gasteiger charge is 2.09. The molecule has 2 rings (SSSR count). The van der Waals surface area contributed by atoms with E-state index < -0.39 is 0 Å². The van der Waals surface area contributed by atoms with Crippen molar-refractivity contribution in [2.24, 2.45) is 16.6 Å². The number of aromatic nitrogens is 2. The van der Waals surface area contributed by atoms with Crippen LogP contribution in [0.15, 0.2) is 17.4 Å². The number of ether oxygens (including phenoxy) is 1. The monoisotopic (exact) mass is 322 g/mol. The van der Waals surface area contributed by atoms with Gasteiger partial charge in [0.2, 0.25) is 0 Å². The molecule has 0 unspecified atom stereocenters. The van der Waals surface area contributed by atoms with Crippen LogP contribution >= 0.6 is 0 Å². The normalized spacial score (nSPS) is 16.9. The number of hydrogen-bond donors (Lipinski definition) is 2. The number of hydrogen-bond acceptors (Lipinski definition) is 4. The summed E-state index contributed by atoms with van der Waals surface area (Å²) in [5, 5.41) is 3.18. The maximum Gasteiger partial charge on any atom is 0.189 e. The summed E-state index contributed by atoms with van der Waals surface area (Å²) in [4.78, 5) is 11.2. The first-order chi connectivity index (χ1) is 11.1. The van der Waals surface area contributed by atoms with Crippen LogP contribution in [0.5, 0.6) is 0 Å². The van der Waals surface area contributed by atoms with Crippen molar-refractivity contribution in [3.05, 3.63) is 18.2 Å². The lowest BCUT2D eigenvalue weighted by Crippen LogP contribution is -2.39. The molecule has 1 aliphatic rings. The Hall–Kier alpha value is -1.60. The van der Waals surface area contributed by atoms with Crippen LogP contribution in [-0.4, -0.2) is 59.8 Å². The van der Waals surface area contributed by atoms with Gasteiger partial charge in [0.25, 0.3) is 0 Å². The summed E-state index contributed by atoms with van der Waals surface area (Å²) in [6, 6.07) is 0. The number of rotatable bonds is 8. The van der Waals surface area contributed by atoms with Crippen LogP contribution in [0.25, 0.3) is 0 Å². The standard InChI is InChI=1S/C16H30N6O/c1-14(2)13-22-7-5-18-15(22)12-20-16(17)19-4-3-6-21-8-10-23-11-9-21/h5,7,14H,3-4,6,8-13H2,1-2H3,(H3,17,19,20). The third-order valence-electron chi connectivity index (χ3n) is 3.82. The van der Waals surface area contributed by atoms with Gasteiger partial charge in [-0.25, -0.2) is 9.98 Å². The Morgan fingerprint density at radius 3 is 2.96 bits per heavy atom. The van der Waals surface area contributed by atoms with Crippen molar-refractivity contribution in [2.75, 3.05) is 39.4 Å². The van der Waals surface area contributed by atoms with E-state index in [1.165, 1.54) is 0 Å². The molecule has 0 saturated carbocycles. The quantitative estimate of drug-likeness (QED) is 0.418. The van der Waals surface area contributed by atoms with E-state index in [4.69, 9.17) is 10.5 Å². The summed E-state index contributed by atoms with van der Waals surface area (Å²) in [7, 11) is 0. The molecule has 0 bridgehead atoms. The Kier molecular flexibility index (Phi) is 7.35. The summed E-state index contributed by atoms with van der Waals surface area (Å²) >= 11 is 0. The van der Waals surface area contributed by atoms with Crippen molar-refractivity contribution in [2.45, 2.75) is 33.4 Å². The van der Waals surface area contributed by atoms with Crippen LogP contribution in [0.4, 0.5) is 0 Å². The van der Waals surface area contributed by atoms with Gasteiger partial charge in [0.15, 0.2) is 5.96 Å². The highest BCUT2D eigenvalue weighted by Crippen LogP contribution is 2.04. The van der Waals surface area contributed by atoms with E-state index in [2.05, 4.69) is 38.6 Å². The first-order valence-electron chi connectivity index (χ1n) is 8.49. The van der Waals surface area contributed by atoms with E-state index in [-0.39, 0.29) is 0 Å². The van der Waals surface area contributed by atoms with Crippen molar-refractivity contribution in [3.8, 4) is 0 Å². The van der Waals surface area contributed by atoms with E-state index in [1.807, 2.05) is 12.4 Å². The summed E-state index contributed by atoms with van der Waals surface area (Å²) in [6.45, 7) is 11.5. The fraction of sp³-hybridized carbons (Fsp3) is 0.750. The second-order valence-electron chi connectivity index (χ2n) is 6.33. The van der Waals surface area contributed by atoms with Gasteiger partial charge in [-0.05, 0) is 18.9 Å². The van der Waals surface area contributed by atoms with Crippen LogP contribution in [0.1, 0.15) is 26.1 Å². The largest absolute Gasteiger partial charge is 0.379 e. The Balaban J connectivity index is 1.66. The average Bonchev–Trinajstić information content (AvgIpc) is 2.97. The van der Waals surface area contributed by atoms with Gasteiger partial charge in [-0.2, -0.15) is 0 Å². The Morgan fingerprint density at radius 2 is 2.22 bits per heavy atom. The molecule has 1 saturated heterocycles. The van der Waals surface area contributed by atoms with Crippen LogP contribution in [0.3, 0.4) is 0 Å². The summed E-state index contributed by atoms with van der Waals surface area (Å²) in [5.41, 5.74) is 5.93. The zero-order valence-electron chi connectivity index (χ0n) is 14.4. The molecular weight excluding hydrogens is 292 g/mol. The minimum Gasteiger partial charge on any atom is -0.379 e. The van der Waals surface area contributed by atoms with Crippen LogP contribution < -0.4 is 11.1 Å². The molecule has 0 radical (unpaired) electrons. The van der Waals surface area contributed by atoms with Gasteiger partial charge in [0.1, 0.15) is 12.4 Å². The van der Waals surface area contributed by atoms with Crippen molar-refractivity contribution in [1.29, 1.82) is 0 Å². The van der Waals surface area contributed by atoms with Crippen LogP contribution in [0.2, 0.25) is 0 Å². The number of aliphatic imine (C=N–C) groups is 1. The van der Waals surface area contributed by atoms with Gasteiger partial charge >= 0.3 is 0 Å². The predicted molar refractivity (Wildman–Crippen MR) is 92.3 cm³/mol. The molecule has 0 spiro atoms. The number of imidazole rings is 1. The topological polar surface area (TPSA) is 80.7 Å². The smallest absolute Gasteiger partial charge is 0.189 e. The molecule has 1 fully saturated rings. The molecular formula is C16H30N6O. The first kappa shape index (κ1) is 17.7. The third kappa shape index (κ3) is 6.58. The average molecular weight is 322 g/mol. The first-order valence-corrected chi connectivity index (χ1v) is 8.49. The minimum atomic E-state index is 0.492. The molecule has 7 nitrogen and oxygen atoms in total. The summed E-state index contributed by atoms with van der Waals surface area (Å²) in [6.07, 6.45) is 4.87. The lowest BCUT2D eigenvalue weighted by molar-refractivity contribution is 0.0376. The number of nitrogens with two attached hydrogens (primary N) is 1. The van der Waals surface area contributed by atoms with Gasteiger partial charge in [0.05, 0.1) is 13.2 Å². The molecule has 3 N–H and O–H groups in total. The van der Waals surface area contributed by atoms with Gasteiger partial charge in [-0.15, -0.1) is 0 Å².